The third-order valence-electron chi connectivity index (χ3n) is 5.11. The summed E-state index contributed by atoms with van der Waals surface area (Å²) in [5.41, 5.74) is 3.59. The number of nitrogens with one attached hydrogen (secondary N) is 1. The Morgan fingerprint density at radius 1 is 1.15 bits per heavy atom. The van der Waals surface area contributed by atoms with Gasteiger partial charge in [0, 0.05) is 25.3 Å². The number of nitrogens with zero attached hydrogens (tertiary/aromatic N) is 2. The van der Waals surface area contributed by atoms with Gasteiger partial charge in [-0.15, -0.1) is 0 Å². The van der Waals surface area contributed by atoms with E-state index in [9.17, 15) is 9.59 Å². The van der Waals surface area contributed by atoms with Crippen LogP contribution in [0.15, 0.2) is 23.8 Å². The summed E-state index contributed by atoms with van der Waals surface area (Å²) >= 11 is 5.17. The van der Waals surface area contributed by atoms with Gasteiger partial charge in [0.2, 0.25) is 0 Å². The van der Waals surface area contributed by atoms with Crippen LogP contribution in [0.25, 0.3) is 6.08 Å². The smallest absolute Gasteiger partial charge is 0.265 e. The predicted octanol–water partition coefficient (Wildman–Crippen LogP) is 3.28. The molecule has 0 bridgehead atoms. The summed E-state index contributed by atoms with van der Waals surface area (Å²) in [5.74, 6) is -0.718. The minimum Gasteiger partial charge on any atom is -0.371 e. The largest absolute Gasteiger partial charge is 0.371 e. The lowest BCUT2D eigenvalue weighted by atomic mass is 10.0. The van der Waals surface area contributed by atoms with E-state index in [0.717, 1.165) is 37.9 Å². The molecule has 0 saturated carbocycles. The van der Waals surface area contributed by atoms with Gasteiger partial charge in [0.15, 0.2) is 5.11 Å². The highest BCUT2D eigenvalue weighted by atomic mass is 32.1. The molecular weight excluding hydrogens is 358 g/mol. The van der Waals surface area contributed by atoms with Gasteiger partial charge in [-0.1, -0.05) is 32.8 Å². The summed E-state index contributed by atoms with van der Waals surface area (Å²) < 4.78 is 0. The van der Waals surface area contributed by atoms with E-state index in [1.165, 1.54) is 29.0 Å². The molecule has 5 nitrogen and oxygen atoms in total. The standard InChI is InChI=1S/C21H27N3O2S/c1-3-5-10-23-12-9-16-13-15(7-8-18(16)23)14-17-19(25)22-21(27)24(20(17)26)11-6-4-2/h7-8,13-14H,3-6,9-12H2,1-2H3,(H,22,25,27)/b17-14-. The highest BCUT2D eigenvalue weighted by molar-refractivity contribution is 7.80. The Bertz CT molecular complexity index is 788. The van der Waals surface area contributed by atoms with Crippen LogP contribution in [0.1, 0.15) is 50.7 Å². The number of fused-ring (bicyclic) bond motifs is 1. The number of carbonyl (C=O) groups is 2. The van der Waals surface area contributed by atoms with Crippen LogP contribution in [0.3, 0.4) is 0 Å². The quantitative estimate of drug-likeness (QED) is 0.445. The fourth-order valence-electron chi connectivity index (χ4n) is 3.54. The van der Waals surface area contributed by atoms with Crippen LogP contribution in [0.4, 0.5) is 5.69 Å². The maximum Gasteiger partial charge on any atom is 0.265 e. The maximum absolute atomic E-state index is 12.8. The molecule has 0 radical (unpaired) electrons. The molecule has 0 unspecified atom stereocenters. The molecule has 0 atom stereocenters. The van der Waals surface area contributed by atoms with Crippen molar-refractivity contribution in [3.63, 3.8) is 0 Å². The number of benzene rings is 1. The van der Waals surface area contributed by atoms with Gasteiger partial charge < -0.3 is 4.90 Å². The van der Waals surface area contributed by atoms with Gasteiger partial charge in [-0.3, -0.25) is 19.8 Å². The van der Waals surface area contributed by atoms with Crippen LogP contribution in [0, 0.1) is 0 Å². The number of thiocarbonyl (C=S) groups is 1. The van der Waals surface area contributed by atoms with Gasteiger partial charge >= 0.3 is 0 Å². The molecule has 3 rings (SSSR count). The van der Waals surface area contributed by atoms with Gasteiger partial charge in [-0.2, -0.15) is 0 Å². The van der Waals surface area contributed by atoms with Gasteiger partial charge in [0.05, 0.1) is 0 Å². The van der Waals surface area contributed by atoms with Crippen molar-refractivity contribution in [1.29, 1.82) is 0 Å². The van der Waals surface area contributed by atoms with Crippen molar-refractivity contribution in [2.75, 3.05) is 24.5 Å². The van der Waals surface area contributed by atoms with E-state index in [4.69, 9.17) is 12.2 Å². The summed E-state index contributed by atoms with van der Waals surface area (Å²) in [6.45, 7) is 6.90. The molecule has 0 spiro atoms. The van der Waals surface area contributed by atoms with Crippen LogP contribution in [0.2, 0.25) is 0 Å². The molecular formula is C21H27N3O2S. The molecule has 0 aliphatic carbocycles. The summed E-state index contributed by atoms with van der Waals surface area (Å²) in [5, 5.41) is 2.85. The number of anilines is 1. The van der Waals surface area contributed by atoms with Gasteiger partial charge in [0.25, 0.3) is 11.8 Å². The first-order valence-electron chi connectivity index (χ1n) is 9.82. The van der Waals surface area contributed by atoms with Crippen molar-refractivity contribution in [2.45, 2.75) is 46.0 Å². The number of hydrogen-bond acceptors (Lipinski definition) is 4. The van der Waals surface area contributed by atoms with Gasteiger partial charge in [-0.25, -0.2) is 0 Å². The van der Waals surface area contributed by atoms with Crippen molar-refractivity contribution in [3.05, 3.63) is 34.9 Å². The molecule has 144 valence electrons. The molecule has 0 aromatic heterocycles. The second kappa shape index (κ2) is 8.65. The summed E-state index contributed by atoms with van der Waals surface area (Å²) in [6, 6.07) is 6.19. The number of amides is 2. The first-order chi connectivity index (χ1) is 13.0. The van der Waals surface area contributed by atoms with Crippen molar-refractivity contribution < 1.29 is 9.59 Å². The van der Waals surface area contributed by atoms with Gasteiger partial charge in [-0.05, 0) is 60.8 Å². The fourth-order valence-corrected chi connectivity index (χ4v) is 3.81. The molecule has 1 fully saturated rings. The second-order valence-electron chi connectivity index (χ2n) is 7.11. The lowest BCUT2D eigenvalue weighted by Gasteiger charge is -2.28. The highest BCUT2D eigenvalue weighted by Crippen LogP contribution is 2.30. The number of unbranched alkanes of at least 4 members (excludes halogenated alkanes) is 2. The molecule has 2 amide bonds. The number of hydrogen-bond donors (Lipinski definition) is 1. The van der Waals surface area contributed by atoms with E-state index in [2.05, 4.69) is 36.2 Å². The molecule has 1 saturated heterocycles. The van der Waals surface area contributed by atoms with E-state index in [0.29, 0.717) is 6.54 Å². The van der Waals surface area contributed by atoms with Crippen LogP contribution in [-0.2, 0) is 16.0 Å². The monoisotopic (exact) mass is 385 g/mol. The summed E-state index contributed by atoms with van der Waals surface area (Å²) in [7, 11) is 0. The van der Waals surface area contributed by atoms with Crippen molar-refractivity contribution >= 4 is 40.9 Å². The lowest BCUT2D eigenvalue weighted by molar-refractivity contribution is -0.128. The van der Waals surface area contributed by atoms with Crippen LogP contribution >= 0.6 is 12.2 Å². The summed E-state index contributed by atoms with van der Waals surface area (Å²) in [6.07, 6.45) is 6.87. The first kappa shape index (κ1) is 19.5. The number of rotatable bonds is 7. The summed E-state index contributed by atoms with van der Waals surface area (Å²) in [4.78, 5) is 29.0. The van der Waals surface area contributed by atoms with E-state index in [-0.39, 0.29) is 16.6 Å². The number of carbonyl (C=O) groups excluding carboxylic acids is 2. The van der Waals surface area contributed by atoms with Crippen molar-refractivity contribution in [2.24, 2.45) is 0 Å². The third-order valence-corrected chi connectivity index (χ3v) is 5.43. The third kappa shape index (κ3) is 4.21. The van der Waals surface area contributed by atoms with Crippen LogP contribution < -0.4 is 10.2 Å². The van der Waals surface area contributed by atoms with E-state index < -0.39 is 5.91 Å². The normalized spacial score (nSPS) is 18.3. The molecule has 1 aromatic rings. The Hall–Kier alpha value is -2.21. The van der Waals surface area contributed by atoms with Crippen LogP contribution in [0.5, 0.6) is 0 Å². The zero-order valence-electron chi connectivity index (χ0n) is 16.1. The lowest BCUT2D eigenvalue weighted by Crippen LogP contribution is -2.54. The minimum absolute atomic E-state index is 0.153. The van der Waals surface area contributed by atoms with Gasteiger partial charge in [0.1, 0.15) is 5.57 Å². The first-order valence-corrected chi connectivity index (χ1v) is 10.2. The van der Waals surface area contributed by atoms with E-state index in [1.54, 1.807) is 6.08 Å². The average molecular weight is 386 g/mol. The van der Waals surface area contributed by atoms with Crippen LogP contribution in [-0.4, -0.2) is 41.5 Å². The Labute approximate surface area is 166 Å². The Morgan fingerprint density at radius 2 is 1.89 bits per heavy atom. The molecule has 2 aliphatic rings. The zero-order chi connectivity index (χ0) is 19.4. The molecule has 27 heavy (non-hydrogen) atoms. The van der Waals surface area contributed by atoms with Crippen molar-refractivity contribution in [1.82, 2.24) is 10.2 Å². The Morgan fingerprint density at radius 3 is 2.63 bits per heavy atom. The fraction of sp³-hybridized carbons (Fsp3) is 0.476. The molecule has 2 heterocycles. The van der Waals surface area contributed by atoms with E-state index in [1.807, 2.05) is 6.07 Å². The van der Waals surface area contributed by atoms with Crippen molar-refractivity contribution in [3.8, 4) is 0 Å². The Kier molecular flexibility index (Phi) is 6.26. The topological polar surface area (TPSA) is 52.7 Å². The van der Waals surface area contributed by atoms with E-state index >= 15 is 0 Å². The molecule has 1 aromatic carbocycles. The Balaban J connectivity index is 1.82. The second-order valence-corrected chi connectivity index (χ2v) is 7.49. The minimum atomic E-state index is -0.414. The highest BCUT2D eigenvalue weighted by Gasteiger charge is 2.33. The maximum atomic E-state index is 12.8. The average Bonchev–Trinajstić information content (AvgIpc) is 3.05. The molecule has 6 heteroatoms. The zero-order valence-corrected chi connectivity index (χ0v) is 16.9. The predicted molar refractivity (Wildman–Crippen MR) is 113 cm³/mol. The SMILES string of the molecule is CCCCN1C(=O)/C(=C\c2ccc3c(c2)CCN3CCCC)C(=O)NC1=S. The molecule has 1 N–H and O–H groups in total. The molecule has 2 aliphatic heterocycles.